The lowest BCUT2D eigenvalue weighted by Gasteiger charge is -2.30. The van der Waals surface area contributed by atoms with Gasteiger partial charge in [0.25, 0.3) is 0 Å². The molecule has 3 rings (SSSR count). The highest BCUT2D eigenvalue weighted by atomic mass is 28.3. The molecule has 1 unspecified atom stereocenters. The van der Waals surface area contributed by atoms with E-state index in [1.807, 2.05) is 0 Å². The molecule has 2 aliphatic rings. The number of hydrogen-bond acceptors (Lipinski definition) is 2. The summed E-state index contributed by atoms with van der Waals surface area (Å²) < 4.78 is 5.39. The molecule has 1 aromatic rings. The van der Waals surface area contributed by atoms with Gasteiger partial charge in [0.1, 0.15) is 11.5 Å². The molecule has 2 heterocycles. The Bertz CT molecular complexity index is 540. The summed E-state index contributed by atoms with van der Waals surface area (Å²) in [5.74, 6) is 1.36. The van der Waals surface area contributed by atoms with E-state index in [-0.39, 0.29) is 5.41 Å². The lowest BCUT2D eigenvalue weighted by Crippen LogP contribution is -2.42. The minimum atomic E-state index is -1.39. The van der Waals surface area contributed by atoms with Crippen LogP contribution in [0.2, 0.25) is 18.6 Å². The quantitative estimate of drug-likeness (QED) is 0.736. The van der Waals surface area contributed by atoms with Gasteiger partial charge in [-0.2, -0.15) is 0 Å². The molecule has 1 fully saturated rings. The third-order valence-electron chi connectivity index (χ3n) is 5.08. The number of benzene rings is 1. The first-order valence-electron chi connectivity index (χ1n) is 7.18. The van der Waals surface area contributed by atoms with Crippen LogP contribution in [-0.4, -0.2) is 21.0 Å². The molecule has 2 atom stereocenters. The third kappa shape index (κ3) is 1.95. The van der Waals surface area contributed by atoms with E-state index in [0.717, 1.165) is 25.0 Å². The van der Waals surface area contributed by atoms with Crippen LogP contribution in [0.25, 0.3) is 0 Å². The van der Waals surface area contributed by atoms with Crippen molar-refractivity contribution >= 4 is 19.0 Å². The first-order valence-corrected chi connectivity index (χ1v) is 10.1. The SMILES string of the molecule is COc1ccc2c(c1)[C@]1(C)CC(=O)CCC[Si]2(C)C1. The predicted octanol–water partition coefficient (Wildman–Crippen LogP) is 3.01. The van der Waals surface area contributed by atoms with Crippen molar-refractivity contribution in [2.75, 3.05) is 7.11 Å². The van der Waals surface area contributed by atoms with Crippen LogP contribution < -0.4 is 9.92 Å². The van der Waals surface area contributed by atoms with Crippen molar-refractivity contribution in [3.05, 3.63) is 23.8 Å². The Labute approximate surface area is 116 Å². The van der Waals surface area contributed by atoms with Gasteiger partial charge in [-0.3, -0.25) is 4.79 Å². The molecule has 0 aliphatic carbocycles. The van der Waals surface area contributed by atoms with Crippen LogP contribution in [0.3, 0.4) is 0 Å². The van der Waals surface area contributed by atoms with Gasteiger partial charge < -0.3 is 4.74 Å². The Morgan fingerprint density at radius 3 is 2.89 bits per heavy atom. The second kappa shape index (κ2) is 4.20. The number of methoxy groups -OCH3 is 1. The Kier molecular flexibility index (Phi) is 2.86. The summed E-state index contributed by atoms with van der Waals surface area (Å²) in [7, 11) is 0.331. The number of hydrogen-bond donors (Lipinski definition) is 0. The van der Waals surface area contributed by atoms with E-state index in [2.05, 4.69) is 31.7 Å². The van der Waals surface area contributed by atoms with Crippen LogP contribution in [0.1, 0.15) is 31.7 Å². The van der Waals surface area contributed by atoms with E-state index in [9.17, 15) is 4.79 Å². The topological polar surface area (TPSA) is 26.3 Å². The van der Waals surface area contributed by atoms with Crippen LogP contribution in [0.15, 0.2) is 18.2 Å². The van der Waals surface area contributed by atoms with Gasteiger partial charge in [-0.1, -0.05) is 30.8 Å². The van der Waals surface area contributed by atoms with E-state index >= 15 is 0 Å². The summed E-state index contributed by atoms with van der Waals surface area (Å²) in [6, 6.07) is 9.05. The van der Waals surface area contributed by atoms with E-state index in [1.54, 1.807) is 12.3 Å². The van der Waals surface area contributed by atoms with Crippen LogP contribution >= 0.6 is 0 Å². The zero-order chi connectivity index (χ0) is 13.7. The van der Waals surface area contributed by atoms with Crippen molar-refractivity contribution in [2.45, 2.75) is 50.2 Å². The maximum Gasteiger partial charge on any atom is 0.133 e. The minimum Gasteiger partial charge on any atom is -0.497 e. The number of ketones is 1. The molecule has 2 aliphatic heterocycles. The average Bonchev–Trinajstić information content (AvgIpc) is 2.58. The summed E-state index contributed by atoms with van der Waals surface area (Å²) in [5.41, 5.74) is 1.46. The largest absolute Gasteiger partial charge is 0.497 e. The van der Waals surface area contributed by atoms with Gasteiger partial charge in [0.05, 0.1) is 15.2 Å². The van der Waals surface area contributed by atoms with Gasteiger partial charge in [0.15, 0.2) is 0 Å². The first-order chi connectivity index (χ1) is 8.97. The Balaban J connectivity index is 2.16. The summed E-state index contributed by atoms with van der Waals surface area (Å²) in [6.07, 6.45) is 2.59. The maximum absolute atomic E-state index is 12.1. The van der Waals surface area contributed by atoms with Crippen molar-refractivity contribution < 1.29 is 9.53 Å². The zero-order valence-electron chi connectivity index (χ0n) is 12.1. The van der Waals surface area contributed by atoms with Gasteiger partial charge in [-0.25, -0.2) is 0 Å². The summed E-state index contributed by atoms with van der Waals surface area (Å²) in [4.78, 5) is 12.1. The molecule has 1 saturated heterocycles. The molecule has 0 radical (unpaired) electrons. The number of carbonyl (C=O) groups excluding carboxylic acids is 1. The molecule has 19 heavy (non-hydrogen) atoms. The molecule has 2 nitrogen and oxygen atoms in total. The summed E-state index contributed by atoms with van der Waals surface area (Å²) in [5, 5.41) is 1.57. The number of ether oxygens (including phenoxy) is 1. The van der Waals surface area contributed by atoms with Gasteiger partial charge in [-0.05, 0) is 35.6 Å². The Hall–Kier alpha value is -1.09. The molecule has 3 heteroatoms. The molecule has 102 valence electrons. The predicted molar refractivity (Wildman–Crippen MR) is 80.1 cm³/mol. The minimum absolute atomic E-state index is 0.0579. The van der Waals surface area contributed by atoms with E-state index in [1.165, 1.54) is 17.7 Å². The van der Waals surface area contributed by atoms with E-state index in [0.29, 0.717) is 5.78 Å². The van der Waals surface area contributed by atoms with E-state index < -0.39 is 8.07 Å². The number of rotatable bonds is 1. The highest BCUT2D eigenvalue weighted by Gasteiger charge is 2.50. The van der Waals surface area contributed by atoms with Crippen molar-refractivity contribution in [3.63, 3.8) is 0 Å². The highest BCUT2D eigenvalue weighted by molar-refractivity contribution is 6.92. The fraction of sp³-hybridized carbons (Fsp3) is 0.562. The van der Waals surface area contributed by atoms with Crippen LogP contribution in [0.4, 0.5) is 0 Å². The lowest BCUT2D eigenvalue weighted by molar-refractivity contribution is -0.120. The maximum atomic E-state index is 12.1. The van der Waals surface area contributed by atoms with Gasteiger partial charge in [0, 0.05) is 12.8 Å². The fourth-order valence-corrected chi connectivity index (χ4v) is 9.45. The van der Waals surface area contributed by atoms with Crippen molar-refractivity contribution in [1.29, 1.82) is 0 Å². The molecule has 2 bridgehead atoms. The monoisotopic (exact) mass is 274 g/mol. The highest BCUT2D eigenvalue weighted by Crippen LogP contribution is 2.46. The summed E-state index contributed by atoms with van der Waals surface area (Å²) >= 11 is 0. The number of Topliss-reactive ketones (excluding diaryl/α,β-unsaturated/α-hetero) is 1. The van der Waals surface area contributed by atoms with Crippen molar-refractivity contribution in [1.82, 2.24) is 0 Å². The Morgan fingerprint density at radius 2 is 2.16 bits per heavy atom. The standard InChI is InChI=1S/C16H22O2Si/c1-16-10-12(17)5-4-8-19(3,11-16)15-7-6-13(18-2)9-14(15)16/h6-7,9H,4-5,8,10-11H2,1-3H3/t16-,19?/m1/s1. The molecule has 0 aromatic heterocycles. The van der Waals surface area contributed by atoms with Crippen molar-refractivity contribution in [3.8, 4) is 5.75 Å². The van der Waals surface area contributed by atoms with E-state index in [4.69, 9.17) is 4.74 Å². The number of carbonyl (C=O) groups is 1. The van der Waals surface area contributed by atoms with Gasteiger partial charge in [0.2, 0.25) is 0 Å². The molecule has 0 spiro atoms. The average molecular weight is 274 g/mol. The smallest absolute Gasteiger partial charge is 0.133 e. The van der Waals surface area contributed by atoms with Crippen LogP contribution in [0, 0.1) is 0 Å². The fourth-order valence-electron chi connectivity index (χ4n) is 4.31. The molecule has 1 aromatic carbocycles. The summed E-state index contributed by atoms with van der Waals surface area (Å²) in [6.45, 7) is 4.78. The second-order valence-electron chi connectivity index (χ2n) is 6.78. The number of fused-ring (bicyclic) bond motifs is 5. The lowest BCUT2D eigenvalue weighted by atomic mass is 9.79. The second-order valence-corrected chi connectivity index (χ2v) is 11.3. The van der Waals surface area contributed by atoms with Crippen LogP contribution in [0.5, 0.6) is 5.75 Å². The molecular formula is C16H22O2Si. The normalized spacial score (nSPS) is 33.5. The molecular weight excluding hydrogens is 252 g/mol. The molecule has 0 amide bonds. The van der Waals surface area contributed by atoms with Crippen LogP contribution in [-0.2, 0) is 10.2 Å². The zero-order valence-corrected chi connectivity index (χ0v) is 13.1. The first kappa shape index (κ1) is 12.9. The van der Waals surface area contributed by atoms with Gasteiger partial charge >= 0.3 is 0 Å². The third-order valence-corrected chi connectivity index (χ3v) is 9.83. The molecule has 0 N–H and O–H groups in total. The Morgan fingerprint density at radius 1 is 1.37 bits per heavy atom. The van der Waals surface area contributed by atoms with Crippen molar-refractivity contribution in [2.24, 2.45) is 0 Å². The van der Waals surface area contributed by atoms with Gasteiger partial charge in [-0.15, -0.1) is 0 Å². The molecule has 0 saturated carbocycles.